The summed E-state index contributed by atoms with van der Waals surface area (Å²) in [6, 6.07) is 3.70. The minimum absolute atomic E-state index is 0.0919. The number of carbonyl (C=O) groups excluding carboxylic acids is 1. The van der Waals surface area contributed by atoms with Gasteiger partial charge in [0.15, 0.2) is 12.1 Å². The molecule has 3 nitrogen and oxygen atoms in total. The van der Waals surface area contributed by atoms with Gasteiger partial charge in [-0.1, -0.05) is 0 Å². The van der Waals surface area contributed by atoms with Crippen molar-refractivity contribution < 1.29 is 14.3 Å². The standard InChI is InChI=1S/C9H10O3S/c1-6(10)7-2-3-8(13-7)9-11-4-5-12-9/h2-3,9H,4-5H2,1H3. The molecule has 0 unspecified atom stereocenters. The molecule has 0 N–H and O–H groups in total. The highest BCUT2D eigenvalue weighted by Crippen LogP contribution is 2.29. The van der Waals surface area contributed by atoms with E-state index in [1.807, 2.05) is 12.1 Å². The molecule has 0 aromatic carbocycles. The molecular weight excluding hydrogens is 188 g/mol. The summed E-state index contributed by atoms with van der Waals surface area (Å²) in [4.78, 5) is 12.7. The van der Waals surface area contributed by atoms with E-state index in [2.05, 4.69) is 0 Å². The Morgan fingerprint density at radius 3 is 2.69 bits per heavy atom. The zero-order chi connectivity index (χ0) is 9.26. The van der Waals surface area contributed by atoms with E-state index in [0.717, 1.165) is 9.75 Å². The van der Waals surface area contributed by atoms with E-state index in [1.165, 1.54) is 11.3 Å². The van der Waals surface area contributed by atoms with Gasteiger partial charge in [0.1, 0.15) is 0 Å². The van der Waals surface area contributed by atoms with Crippen molar-refractivity contribution in [1.82, 2.24) is 0 Å². The van der Waals surface area contributed by atoms with Crippen LogP contribution in [0, 0.1) is 0 Å². The Balaban J connectivity index is 2.16. The number of ether oxygens (including phenoxy) is 2. The van der Waals surface area contributed by atoms with Gasteiger partial charge < -0.3 is 9.47 Å². The quantitative estimate of drug-likeness (QED) is 0.682. The van der Waals surface area contributed by atoms with Crippen LogP contribution in [0.1, 0.15) is 27.8 Å². The number of hydrogen-bond acceptors (Lipinski definition) is 4. The van der Waals surface area contributed by atoms with Gasteiger partial charge in [-0.2, -0.15) is 0 Å². The second kappa shape index (κ2) is 3.57. The summed E-state index contributed by atoms with van der Waals surface area (Å²) in [5, 5.41) is 0. The molecule has 70 valence electrons. The maximum absolute atomic E-state index is 11.0. The van der Waals surface area contributed by atoms with Gasteiger partial charge in [-0.05, 0) is 19.1 Å². The normalized spacial score (nSPS) is 17.9. The van der Waals surface area contributed by atoms with Crippen molar-refractivity contribution in [2.24, 2.45) is 0 Å². The fourth-order valence-electron chi connectivity index (χ4n) is 1.19. The molecule has 0 spiro atoms. The number of thiophene rings is 1. The lowest BCUT2D eigenvalue weighted by molar-refractivity contribution is -0.0413. The second-order valence-corrected chi connectivity index (χ2v) is 3.95. The van der Waals surface area contributed by atoms with E-state index < -0.39 is 0 Å². The summed E-state index contributed by atoms with van der Waals surface area (Å²) < 4.78 is 10.6. The molecule has 1 aliphatic rings. The molecule has 0 aliphatic carbocycles. The smallest absolute Gasteiger partial charge is 0.193 e. The van der Waals surface area contributed by atoms with Gasteiger partial charge in [-0.25, -0.2) is 0 Å². The first kappa shape index (κ1) is 8.87. The summed E-state index contributed by atoms with van der Waals surface area (Å²) in [5.41, 5.74) is 0. The molecule has 1 saturated heterocycles. The van der Waals surface area contributed by atoms with E-state index in [1.54, 1.807) is 6.92 Å². The Morgan fingerprint density at radius 1 is 1.46 bits per heavy atom. The lowest BCUT2D eigenvalue weighted by Crippen LogP contribution is -1.93. The average molecular weight is 198 g/mol. The lowest BCUT2D eigenvalue weighted by Gasteiger charge is -2.04. The fourth-order valence-corrected chi connectivity index (χ4v) is 2.09. The molecule has 13 heavy (non-hydrogen) atoms. The molecular formula is C9H10O3S. The Labute approximate surface area is 80.3 Å². The molecule has 1 aliphatic heterocycles. The first-order valence-electron chi connectivity index (χ1n) is 4.11. The summed E-state index contributed by atoms with van der Waals surface area (Å²) in [6.45, 7) is 2.84. The zero-order valence-corrected chi connectivity index (χ0v) is 8.10. The van der Waals surface area contributed by atoms with E-state index in [0.29, 0.717) is 13.2 Å². The molecule has 0 amide bonds. The van der Waals surface area contributed by atoms with Crippen LogP contribution in [0.2, 0.25) is 0 Å². The van der Waals surface area contributed by atoms with Crippen molar-refractivity contribution in [2.45, 2.75) is 13.2 Å². The van der Waals surface area contributed by atoms with Gasteiger partial charge >= 0.3 is 0 Å². The molecule has 0 saturated carbocycles. The molecule has 2 heterocycles. The molecule has 0 atom stereocenters. The highest BCUT2D eigenvalue weighted by molar-refractivity contribution is 7.14. The van der Waals surface area contributed by atoms with Gasteiger partial charge in [0.25, 0.3) is 0 Å². The van der Waals surface area contributed by atoms with Crippen LogP contribution in [0.3, 0.4) is 0 Å². The number of rotatable bonds is 2. The van der Waals surface area contributed by atoms with Crippen molar-refractivity contribution in [1.29, 1.82) is 0 Å². The van der Waals surface area contributed by atoms with Crippen LogP contribution >= 0.6 is 11.3 Å². The molecule has 4 heteroatoms. The van der Waals surface area contributed by atoms with Crippen molar-refractivity contribution >= 4 is 17.1 Å². The first-order valence-corrected chi connectivity index (χ1v) is 4.93. The monoisotopic (exact) mass is 198 g/mol. The highest BCUT2D eigenvalue weighted by Gasteiger charge is 2.20. The van der Waals surface area contributed by atoms with Crippen LogP contribution in [-0.4, -0.2) is 19.0 Å². The van der Waals surface area contributed by atoms with Crippen LogP contribution in [0.4, 0.5) is 0 Å². The predicted octanol–water partition coefficient (Wildman–Crippen LogP) is 2.00. The summed E-state index contributed by atoms with van der Waals surface area (Å²) in [5.74, 6) is 0.0919. The van der Waals surface area contributed by atoms with Crippen LogP contribution in [0.25, 0.3) is 0 Å². The predicted molar refractivity (Wildman–Crippen MR) is 49.0 cm³/mol. The first-order chi connectivity index (χ1) is 6.27. The molecule has 2 rings (SSSR count). The van der Waals surface area contributed by atoms with Crippen molar-refractivity contribution in [3.63, 3.8) is 0 Å². The topological polar surface area (TPSA) is 35.5 Å². The summed E-state index contributed by atoms with van der Waals surface area (Å²) >= 11 is 1.44. The van der Waals surface area contributed by atoms with Crippen molar-refractivity contribution in [2.75, 3.05) is 13.2 Å². The second-order valence-electron chi connectivity index (χ2n) is 2.83. The van der Waals surface area contributed by atoms with Crippen LogP contribution < -0.4 is 0 Å². The third kappa shape index (κ3) is 1.80. The molecule has 1 aromatic heterocycles. The molecule has 0 bridgehead atoms. The highest BCUT2D eigenvalue weighted by atomic mass is 32.1. The van der Waals surface area contributed by atoms with E-state index in [9.17, 15) is 4.79 Å². The third-order valence-electron chi connectivity index (χ3n) is 1.83. The van der Waals surface area contributed by atoms with E-state index in [-0.39, 0.29) is 12.1 Å². The minimum Gasteiger partial charge on any atom is -0.345 e. The van der Waals surface area contributed by atoms with Gasteiger partial charge in [-0.15, -0.1) is 11.3 Å². The van der Waals surface area contributed by atoms with E-state index >= 15 is 0 Å². The Kier molecular flexibility index (Phi) is 2.44. The SMILES string of the molecule is CC(=O)c1ccc(C2OCCO2)s1. The van der Waals surface area contributed by atoms with Gasteiger partial charge in [0, 0.05) is 0 Å². The van der Waals surface area contributed by atoms with Crippen molar-refractivity contribution in [3.05, 3.63) is 21.9 Å². The third-order valence-corrected chi connectivity index (χ3v) is 3.04. The van der Waals surface area contributed by atoms with Crippen LogP contribution in [0.5, 0.6) is 0 Å². The van der Waals surface area contributed by atoms with Crippen LogP contribution in [-0.2, 0) is 9.47 Å². The van der Waals surface area contributed by atoms with Gasteiger partial charge in [0.05, 0.1) is 23.0 Å². The van der Waals surface area contributed by atoms with Crippen molar-refractivity contribution in [3.8, 4) is 0 Å². The molecule has 1 aromatic rings. The van der Waals surface area contributed by atoms with E-state index in [4.69, 9.17) is 9.47 Å². The average Bonchev–Trinajstić information content (AvgIpc) is 2.75. The summed E-state index contributed by atoms with van der Waals surface area (Å²) in [7, 11) is 0. The number of Topliss-reactive ketones (excluding diaryl/α,β-unsaturated/α-hetero) is 1. The molecule has 0 radical (unpaired) electrons. The minimum atomic E-state index is -0.252. The zero-order valence-electron chi connectivity index (χ0n) is 7.28. The summed E-state index contributed by atoms with van der Waals surface area (Å²) in [6.07, 6.45) is -0.252. The lowest BCUT2D eigenvalue weighted by atomic mass is 10.3. The largest absolute Gasteiger partial charge is 0.345 e. The Morgan fingerprint density at radius 2 is 2.15 bits per heavy atom. The van der Waals surface area contributed by atoms with Gasteiger partial charge in [-0.3, -0.25) is 4.79 Å². The number of carbonyl (C=O) groups is 1. The van der Waals surface area contributed by atoms with Crippen LogP contribution in [0.15, 0.2) is 12.1 Å². The maximum Gasteiger partial charge on any atom is 0.193 e. The maximum atomic E-state index is 11.0. The van der Waals surface area contributed by atoms with Gasteiger partial charge in [0.2, 0.25) is 0 Å². The Bertz CT molecular complexity index is 312. The molecule has 1 fully saturated rings. The number of ketones is 1. The number of hydrogen-bond donors (Lipinski definition) is 0. The Hall–Kier alpha value is -0.710. The fraction of sp³-hybridized carbons (Fsp3) is 0.444.